The van der Waals surface area contributed by atoms with Crippen LogP contribution in [-0.2, 0) is 13.5 Å². The minimum Gasteiger partial charge on any atom is -0.409 e. The van der Waals surface area contributed by atoms with Crippen molar-refractivity contribution in [1.29, 1.82) is 0 Å². The summed E-state index contributed by atoms with van der Waals surface area (Å²) in [6, 6.07) is 0. The predicted octanol–water partition coefficient (Wildman–Crippen LogP) is 0.237. The average molecular weight is 253 g/mol. The normalized spacial score (nSPS) is 12.6. The van der Waals surface area contributed by atoms with E-state index in [1.165, 1.54) is 0 Å². The van der Waals surface area contributed by atoms with Crippen LogP contribution in [-0.4, -0.2) is 32.3 Å². The molecule has 0 bridgehead atoms. The van der Waals surface area contributed by atoms with Gasteiger partial charge in [0.25, 0.3) is 5.91 Å². The van der Waals surface area contributed by atoms with Crippen LogP contribution in [0.1, 0.15) is 36.8 Å². The molecular formula is C11H19N5O2. The van der Waals surface area contributed by atoms with Crippen LogP contribution in [0.4, 0.5) is 0 Å². The van der Waals surface area contributed by atoms with Gasteiger partial charge in [-0.3, -0.25) is 9.48 Å². The van der Waals surface area contributed by atoms with Gasteiger partial charge in [0, 0.05) is 13.2 Å². The molecule has 0 spiro atoms. The Kier molecular flexibility index (Phi) is 3.95. The number of carbonyl (C=O) groups is 1. The zero-order chi connectivity index (χ0) is 13.9. The highest BCUT2D eigenvalue weighted by Crippen LogP contribution is 2.10. The van der Waals surface area contributed by atoms with E-state index in [2.05, 4.69) is 15.6 Å². The molecule has 0 aliphatic rings. The maximum Gasteiger partial charge on any atom is 0.255 e. The summed E-state index contributed by atoms with van der Waals surface area (Å²) >= 11 is 0. The second-order valence-corrected chi connectivity index (χ2v) is 4.58. The van der Waals surface area contributed by atoms with E-state index in [9.17, 15) is 4.79 Å². The molecule has 0 atom stereocenters. The second-order valence-electron chi connectivity index (χ2n) is 4.58. The molecule has 1 heterocycles. The maximum atomic E-state index is 12.1. The summed E-state index contributed by atoms with van der Waals surface area (Å²) < 4.78 is 1.59. The zero-order valence-corrected chi connectivity index (χ0v) is 11.1. The molecule has 1 rings (SSSR count). The van der Waals surface area contributed by atoms with Crippen molar-refractivity contribution in [2.24, 2.45) is 17.9 Å². The van der Waals surface area contributed by atoms with Crippen LogP contribution in [0.15, 0.2) is 11.4 Å². The van der Waals surface area contributed by atoms with E-state index in [0.29, 0.717) is 17.7 Å². The highest BCUT2D eigenvalue weighted by molar-refractivity contribution is 6.00. The molecule has 7 nitrogen and oxygen atoms in total. The van der Waals surface area contributed by atoms with Gasteiger partial charge in [0.1, 0.15) is 0 Å². The summed E-state index contributed by atoms with van der Waals surface area (Å²) in [6.45, 7) is 5.23. The lowest BCUT2D eigenvalue weighted by atomic mass is 10.0. The van der Waals surface area contributed by atoms with Crippen LogP contribution >= 0.6 is 0 Å². The first kappa shape index (κ1) is 14.0. The SMILES string of the molecule is CCc1nn(C)cc1C(=O)NC(C)(C)/C(N)=N/O. The maximum absolute atomic E-state index is 12.1. The Morgan fingerprint density at radius 1 is 1.67 bits per heavy atom. The molecular weight excluding hydrogens is 234 g/mol. The lowest BCUT2D eigenvalue weighted by molar-refractivity contribution is 0.0930. The van der Waals surface area contributed by atoms with Gasteiger partial charge in [0.15, 0.2) is 5.84 Å². The zero-order valence-electron chi connectivity index (χ0n) is 11.1. The van der Waals surface area contributed by atoms with Gasteiger partial charge >= 0.3 is 0 Å². The van der Waals surface area contributed by atoms with Crippen molar-refractivity contribution in [1.82, 2.24) is 15.1 Å². The number of carbonyl (C=O) groups excluding carboxylic acids is 1. The number of hydrogen-bond donors (Lipinski definition) is 3. The molecule has 0 aromatic carbocycles. The minimum atomic E-state index is -0.924. The molecule has 0 radical (unpaired) electrons. The summed E-state index contributed by atoms with van der Waals surface area (Å²) in [5, 5.41) is 18.5. The fraction of sp³-hybridized carbons (Fsp3) is 0.545. The van der Waals surface area contributed by atoms with Gasteiger partial charge in [-0.05, 0) is 20.3 Å². The molecule has 1 amide bonds. The first-order chi connectivity index (χ1) is 8.31. The van der Waals surface area contributed by atoms with Crippen LogP contribution in [0.3, 0.4) is 0 Å². The molecule has 1 aromatic heterocycles. The summed E-state index contributed by atoms with van der Waals surface area (Å²) in [5.41, 5.74) is 5.81. The number of aromatic nitrogens is 2. The highest BCUT2D eigenvalue weighted by Gasteiger charge is 2.27. The number of nitrogens with zero attached hydrogens (tertiary/aromatic N) is 3. The Morgan fingerprint density at radius 3 is 2.78 bits per heavy atom. The van der Waals surface area contributed by atoms with Crippen molar-refractivity contribution in [3.63, 3.8) is 0 Å². The third-order valence-electron chi connectivity index (χ3n) is 2.66. The molecule has 7 heteroatoms. The molecule has 18 heavy (non-hydrogen) atoms. The van der Waals surface area contributed by atoms with Crippen molar-refractivity contribution in [2.45, 2.75) is 32.7 Å². The van der Waals surface area contributed by atoms with Crippen LogP contribution in [0.5, 0.6) is 0 Å². The fourth-order valence-corrected chi connectivity index (χ4v) is 1.53. The molecule has 100 valence electrons. The van der Waals surface area contributed by atoms with E-state index in [0.717, 1.165) is 0 Å². The Labute approximate surface area is 106 Å². The van der Waals surface area contributed by atoms with Gasteiger partial charge in [-0.2, -0.15) is 5.10 Å². The standard InChI is InChI=1S/C11H19N5O2/c1-5-8-7(6-16(4)14-8)9(17)13-11(2,3)10(12)15-18/h6,18H,5H2,1-4H3,(H2,12,15)(H,13,17). The van der Waals surface area contributed by atoms with Gasteiger partial charge in [-0.1, -0.05) is 12.1 Å². The predicted molar refractivity (Wildman–Crippen MR) is 67.5 cm³/mol. The van der Waals surface area contributed by atoms with E-state index < -0.39 is 5.54 Å². The van der Waals surface area contributed by atoms with E-state index in [1.54, 1.807) is 31.8 Å². The number of hydrogen-bond acceptors (Lipinski definition) is 4. The number of nitrogens with two attached hydrogens (primary N) is 1. The van der Waals surface area contributed by atoms with Crippen LogP contribution in [0, 0.1) is 0 Å². The summed E-state index contributed by atoms with van der Waals surface area (Å²) in [4.78, 5) is 12.1. The van der Waals surface area contributed by atoms with Crippen LogP contribution < -0.4 is 11.1 Å². The quantitative estimate of drug-likeness (QED) is 0.309. The lowest BCUT2D eigenvalue weighted by Crippen LogP contribution is -2.53. The average Bonchev–Trinajstić information content (AvgIpc) is 2.68. The Morgan fingerprint density at radius 2 is 2.28 bits per heavy atom. The van der Waals surface area contributed by atoms with E-state index >= 15 is 0 Å². The number of amides is 1. The summed E-state index contributed by atoms with van der Waals surface area (Å²) in [5.74, 6) is -0.352. The molecule has 4 N–H and O–H groups in total. The van der Waals surface area contributed by atoms with Crippen LogP contribution in [0.25, 0.3) is 0 Å². The van der Waals surface area contributed by atoms with Gasteiger partial charge in [0.2, 0.25) is 0 Å². The van der Waals surface area contributed by atoms with E-state index in [-0.39, 0.29) is 11.7 Å². The summed E-state index contributed by atoms with van der Waals surface area (Å²) in [6.07, 6.45) is 2.31. The second kappa shape index (κ2) is 5.07. The van der Waals surface area contributed by atoms with Gasteiger partial charge < -0.3 is 16.3 Å². The molecule has 0 fully saturated rings. The number of aryl methyl sites for hydroxylation is 2. The van der Waals surface area contributed by atoms with Crippen LogP contribution in [0.2, 0.25) is 0 Å². The van der Waals surface area contributed by atoms with E-state index in [1.807, 2.05) is 6.92 Å². The molecule has 0 saturated carbocycles. The fourth-order valence-electron chi connectivity index (χ4n) is 1.53. The Bertz CT molecular complexity index is 476. The van der Waals surface area contributed by atoms with Crippen molar-refractivity contribution in [3.05, 3.63) is 17.5 Å². The van der Waals surface area contributed by atoms with Crippen molar-refractivity contribution in [2.75, 3.05) is 0 Å². The van der Waals surface area contributed by atoms with Gasteiger partial charge in [-0.25, -0.2) is 0 Å². The Balaban J connectivity index is 2.95. The van der Waals surface area contributed by atoms with Crippen molar-refractivity contribution < 1.29 is 10.0 Å². The summed E-state index contributed by atoms with van der Waals surface area (Å²) in [7, 11) is 1.75. The number of rotatable bonds is 4. The third kappa shape index (κ3) is 2.79. The molecule has 0 saturated heterocycles. The van der Waals surface area contributed by atoms with E-state index in [4.69, 9.17) is 10.9 Å². The topological polar surface area (TPSA) is 106 Å². The smallest absolute Gasteiger partial charge is 0.255 e. The third-order valence-corrected chi connectivity index (χ3v) is 2.66. The Hall–Kier alpha value is -2.05. The lowest BCUT2D eigenvalue weighted by Gasteiger charge is -2.24. The first-order valence-corrected chi connectivity index (χ1v) is 5.64. The number of oxime groups is 1. The van der Waals surface area contributed by atoms with Gasteiger partial charge in [-0.15, -0.1) is 0 Å². The molecule has 0 aliphatic carbocycles. The minimum absolute atomic E-state index is 0.0576. The largest absolute Gasteiger partial charge is 0.409 e. The molecule has 0 unspecified atom stereocenters. The number of amidine groups is 1. The number of nitrogens with one attached hydrogen (secondary N) is 1. The highest BCUT2D eigenvalue weighted by atomic mass is 16.4. The van der Waals surface area contributed by atoms with Gasteiger partial charge in [0.05, 0.1) is 16.8 Å². The monoisotopic (exact) mass is 253 g/mol. The van der Waals surface area contributed by atoms with Crippen molar-refractivity contribution >= 4 is 11.7 Å². The molecule has 0 aliphatic heterocycles. The van der Waals surface area contributed by atoms with Crippen molar-refractivity contribution in [3.8, 4) is 0 Å². The molecule has 1 aromatic rings. The first-order valence-electron chi connectivity index (χ1n) is 5.64.